The monoisotopic (exact) mass is 375 g/mol. The highest BCUT2D eigenvalue weighted by Gasteiger charge is 2.26. The molecule has 0 aromatic heterocycles. The van der Waals surface area contributed by atoms with Crippen LogP contribution < -0.4 is 0 Å². The van der Waals surface area contributed by atoms with Crippen molar-refractivity contribution >= 4 is 41.2 Å². The third-order valence-electron chi connectivity index (χ3n) is 4.33. The third-order valence-corrected chi connectivity index (χ3v) is 6.86. The average molecular weight is 375 g/mol. The maximum Gasteiger partial charge on any atom is 0.580 e. The van der Waals surface area contributed by atoms with Gasteiger partial charge in [-0.05, 0) is 19.3 Å². The van der Waals surface area contributed by atoms with Gasteiger partial charge in [-0.15, -0.1) is 0 Å². The highest BCUT2D eigenvalue weighted by Crippen LogP contribution is 2.34. The first-order chi connectivity index (χ1) is 11.2. The summed E-state index contributed by atoms with van der Waals surface area (Å²) in [6.45, 7) is 11.0. The van der Waals surface area contributed by atoms with Crippen molar-refractivity contribution in [1.29, 1.82) is 0 Å². The highest BCUT2D eigenvalue weighted by molar-refractivity contribution is 8.77. The smallest absolute Gasteiger partial charge is 0.502 e. The van der Waals surface area contributed by atoms with Gasteiger partial charge in [-0.2, -0.15) is 0 Å². The van der Waals surface area contributed by atoms with Crippen molar-refractivity contribution in [2.45, 2.75) is 66.0 Å². The Kier molecular flexibility index (Phi) is 9.60. The van der Waals surface area contributed by atoms with Gasteiger partial charge in [0, 0.05) is 36.6 Å². The molecule has 1 aliphatic heterocycles. The Bertz CT molecular complexity index is 415. The summed E-state index contributed by atoms with van der Waals surface area (Å²) in [5.41, 5.74) is -0.0871. The Morgan fingerprint density at radius 3 is 2.33 bits per heavy atom. The quantitative estimate of drug-likeness (QED) is 0.430. The molecule has 8 heteroatoms. The molecule has 0 amide bonds. The Morgan fingerprint density at radius 1 is 1.21 bits per heavy atom. The average Bonchev–Trinajstić information content (AvgIpc) is 3.00. The van der Waals surface area contributed by atoms with Crippen LogP contribution in [0.15, 0.2) is 0 Å². The van der Waals surface area contributed by atoms with Crippen molar-refractivity contribution < 1.29 is 18.9 Å². The van der Waals surface area contributed by atoms with Gasteiger partial charge in [-0.25, -0.2) is 0 Å². The minimum Gasteiger partial charge on any atom is -0.502 e. The van der Waals surface area contributed by atoms with Crippen LogP contribution >= 0.6 is 21.6 Å². The van der Waals surface area contributed by atoms with Gasteiger partial charge in [0.25, 0.3) is 11.9 Å². The van der Waals surface area contributed by atoms with Gasteiger partial charge in [0.15, 0.2) is 0 Å². The van der Waals surface area contributed by atoms with Crippen LogP contribution in [-0.4, -0.2) is 54.7 Å². The molecule has 0 saturated carbocycles. The minimum atomic E-state index is -0.321. The number of carbonyl (C=O) groups is 2. The van der Waals surface area contributed by atoms with E-state index in [0.29, 0.717) is 31.5 Å². The van der Waals surface area contributed by atoms with Crippen molar-refractivity contribution in [2.75, 3.05) is 18.1 Å². The van der Waals surface area contributed by atoms with Crippen molar-refractivity contribution in [3.05, 3.63) is 0 Å². The summed E-state index contributed by atoms with van der Waals surface area (Å²) in [4.78, 5) is 25.9. The van der Waals surface area contributed by atoms with E-state index in [1.54, 1.807) is 0 Å². The van der Waals surface area contributed by atoms with Gasteiger partial charge in [-0.3, -0.25) is 14.5 Å². The van der Waals surface area contributed by atoms with Crippen LogP contribution in [0.4, 0.5) is 0 Å². The number of carbonyl (C=O) groups excluding carboxylic acids is 2. The zero-order valence-electron chi connectivity index (χ0n) is 15.5. The van der Waals surface area contributed by atoms with E-state index < -0.39 is 0 Å². The SMILES string of the molecule is CCC(C)(C)CC(=O)OBOC(=O)CCN(C(C)C)C1CSSC1. The Hall–Kier alpha value is -0.335. The van der Waals surface area contributed by atoms with Crippen LogP contribution in [0.1, 0.15) is 53.9 Å². The fourth-order valence-corrected chi connectivity index (χ4v) is 5.17. The van der Waals surface area contributed by atoms with Crippen molar-refractivity contribution in [3.63, 3.8) is 0 Å². The largest absolute Gasteiger partial charge is 0.580 e. The maximum atomic E-state index is 11.9. The number of rotatable bonds is 10. The molecule has 24 heavy (non-hydrogen) atoms. The lowest BCUT2D eigenvalue weighted by atomic mass is 9.86. The molecule has 0 aromatic rings. The van der Waals surface area contributed by atoms with E-state index in [0.717, 1.165) is 17.9 Å². The molecular weight excluding hydrogens is 345 g/mol. The first-order valence-corrected chi connectivity index (χ1v) is 11.1. The van der Waals surface area contributed by atoms with Crippen molar-refractivity contribution in [2.24, 2.45) is 5.41 Å². The van der Waals surface area contributed by atoms with Crippen molar-refractivity contribution in [1.82, 2.24) is 4.90 Å². The molecule has 1 heterocycles. The molecule has 1 saturated heterocycles. The molecule has 5 nitrogen and oxygen atoms in total. The second kappa shape index (κ2) is 10.6. The number of nitrogens with zero attached hydrogens (tertiary/aromatic N) is 1. The van der Waals surface area contributed by atoms with E-state index >= 15 is 0 Å². The summed E-state index contributed by atoms with van der Waals surface area (Å²) in [6, 6.07) is 0.915. The van der Waals surface area contributed by atoms with E-state index in [1.807, 2.05) is 42.4 Å². The third kappa shape index (κ3) is 8.16. The Morgan fingerprint density at radius 2 is 1.79 bits per heavy atom. The van der Waals surface area contributed by atoms with Crippen LogP contribution in [0.2, 0.25) is 0 Å². The molecule has 138 valence electrons. The van der Waals surface area contributed by atoms with E-state index in [1.165, 1.54) is 0 Å². The molecule has 0 aliphatic carbocycles. The fourth-order valence-electron chi connectivity index (χ4n) is 2.38. The fraction of sp³-hybridized carbons (Fsp3) is 0.875. The van der Waals surface area contributed by atoms with Crippen LogP contribution in [0, 0.1) is 5.41 Å². The topological polar surface area (TPSA) is 55.8 Å². The zero-order chi connectivity index (χ0) is 18.2. The van der Waals surface area contributed by atoms with Gasteiger partial charge < -0.3 is 9.31 Å². The number of hydrogen-bond donors (Lipinski definition) is 0. The maximum absolute atomic E-state index is 11.9. The summed E-state index contributed by atoms with van der Waals surface area (Å²) < 4.78 is 10.0. The van der Waals surface area contributed by atoms with E-state index in [2.05, 4.69) is 18.7 Å². The van der Waals surface area contributed by atoms with Gasteiger partial charge in [0.05, 0.1) is 6.42 Å². The molecule has 1 rings (SSSR count). The zero-order valence-corrected chi connectivity index (χ0v) is 17.1. The minimum absolute atomic E-state index is 0.0871. The Balaban J connectivity index is 2.24. The van der Waals surface area contributed by atoms with Crippen LogP contribution in [0.25, 0.3) is 0 Å². The second-order valence-electron chi connectivity index (χ2n) is 7.15. The first-order valence-electron chi connectivity index (χ1n) is 8.56. The second-order valence-corrected chi connectivity index (χ2v) is 9.70. The summed E-state index contributed by atoms with van der Waals surface area (Å²) in [5.74, 6) is 1.56. The normalized spacial score (nSPS) is 15.8. The molecule has 0 spiro atoms. The van der Waals surface area contributed by atoms with Gasteiger partial charge >= 0.3 is 7.69 Å². The predicted octanol–water partition coefficient (Wildman–Crippen LogP) is 3.03. The summed E-state index contributed by atoms with van der Waals surface area (Å²) in [7, 11) is 3.49. The molecular formula is C16H30BNO4S2. The molecule has 0 bridgehead atoms. The van der Waals surface area contributed by atoms with Gasteiger partial charge in [0.1, 0.15) is 0 Å². The summed E-state index contributed by atoms with van der Waals surface area (Å²) in [6.07, 6.45) is 1.55. The molecule has 0 N–H and O–H groups in total. The lowest BCUT2D eigenvalue weighted by Crippen LogP contribution is -2.43. The highest BCUT2D eigenvalue weighted by atomic mass is 33.1. The standard InChI is InChI=1S/C16H30BNO4S2/c1-6-16(4,5)9-15(20)22-17-21-14(19)7-8-18(12(2)3)13-10-23-24-11-13/h12-13,17H,6-11H2,1-5H3. The molecule has 0 atom stereocenters. The van der Waals surface area contributed by atoms with Crippen molar-refractivity contribution in [3.8, 4) is 0 Å². The lowest BCUT2D eigenvalue weighted by Gasteiger charge is -2.31. The van der Waals surface area contributed by atoms with Crippen LogP contribution in [-0.2, 0) is 18.9 Å². The van der Waals surface area contributed by atoms with Gasteiger partial charge in [0.2, 0.25) is 0 Å². The van der Waals surface area contributed by atoms with Gasteiger partial charge in [-0.1, -0.05) is 48.8 Å². The lowest BCUT2D eigenvalue weighted by molar-refractivity contribution is -0.140. The van der Waals surface area contributed by atoms with Crippen LogP contribution in [0.3, 0.4) is 0 Å². The first kappa shape index (κ1) is 21.7. The molecule has 0 aromatic carbocycles. The van der Waals surface area contributed by atoms with E-state index in [9.17, 15) is 9.59 Å². The summed E-state index contributed by atoms with van der Waals surface area (Å²) >= 11 is 0. The van der Waals surface area contributed by atoms with Crippen LogP contribution in [0.5, 0.6) is 0 Å². The molecule has 0 unspecified atom stereocenters. The Labute approximate surface area is 154 Å². The molecule has 1 fully saturated rings. The summed E-state index contributed by atoms with van der Waals surface area (Å²) in [5, 5.41) is 0. The van der Waals surface area contributed by atoms with E-state index in [-0.39, 0.29) is 25.0 Å². The molecule has 1 aliphatic rings. The predicted molar refractivity (Wildman–Crippen MR) is 103 cm³/mol. The number of hydrogen-bond acceptors (Lipinski definition) is 7. The molecule has 0 radical (unpaired) electrons. The van der Waals surface area contributed by atoms with E-state index in [4.69, 9.17) is 9.31 Å².